The van der Waals surface area contributed by atoms with Crippen molar-refractivity contribution in [2.45, 2.75) is 40.0 Å². The summed E-state index contributed by atoms with van der Waals surface area (Å²) in [6.07, 6.45) is 2.67. The zero-order valence-electron chi connectivity index (χ0n) is 18.2. The van der Waals surface area contributed by atoms with E-state index in [1.54, 1.807) is 43.3 Å². The minimum Gasteiger partial charge on any atom is -0.507 e. The number of hydrogen-bond acceptors (Lipinski definition) is 7. The van der Waals surface area contributed by atoms with E-state index in [1.807, 2.05) is 13.8 Å². The molecular weight excluding hydrogens is 396 g/mol. The monoisotopic (exact) mass is 426 g/mol. The first-order valence-corrected chi connectivity index (χ1v) is 10.3. The number of nitrogens with one attached hydrogen (secondary N) is 2. The first-order chi connectivity index (χ1) is 14.8. The molecule has 0 saturated heterocycles. The smallest absolute Gasteiger partial charge is 0.220 e. The molecule has 0 aliphatic heterocycles. The maximum absolute atomic E-state index is 12.2. The zero-order chi connectivity index (χ0) is 22.8. The van der Waals surface area contributed by atoms with Crippen LogP contribution in [0.4, 0.5) is 0 Å². The van der Waals surface area contributed by atoms with Gasteiger partial charge in [0.05, 0.1) is 18.8 Å². The van der Waals surface area contributed by atoms with E-state index in [1.165, 1.54) is 0 Å². The van der Waals surface area contributed by atoms with Crippen molar-refractivity contribution in [3.05, 3.63) is 53.1 Å². The number of rotatable bonds is 12. The summed E-state index contributed by atoms with van der Waals surface area (Å²) in [7, 11) is 0. The molecule has 166 valence electrons. The van der Waals surface area contributed by atoms with Crippen molar-refractivity contribution >= 4 is 18.1 Å². The lowest BCUT2D eigenvalue weighted by Crippen LogP contribution is -2.06. The van der Waals surface area contributed by atoms with Gasteiger partial charge in [0.15, 0.2) is 12.2 Å². The van der Waals surface area contributed by atoms with E-state index in [0.717, 1.165) is 19.2 Å². The summed E-state index contributed by atoms with van der Waals surface area (Å²) < 4.78 is 16.2. The average Bonchev–Trinajstić information content (AvgIpc) is 2.73. The molecule has 3 N–H and O–H groups in total. The molecule has 2 aromatic rings. The van der Waals surface area contributed by atoms with E-state index in [-0.39, 0.29) is 23.3 Å². The number of ether oxygens (including phenoxy) is 3. The molecule has 2 aromatic carbocycles. The molecule has 2 rings (SSSR count). The third-order valence-electron chi connectivity index (χ3n) is 4.63. The number of hydrogen-bond donors (Lipinski definition) is 3. The minimum absolute atomic E-state index is 0.00553. The molecule has 0 unspecified atom stereocenters. The normalized spacial score (nSPS) is 10.6. The summed E-state index contributed by atoms with van der Waals surface area (Å²) >= 11 is 0. The van der Waals surface area contributed by atoms with Crippen LogP contribution < -0.4 is 9.47 Å². The van der Waals surface area contributed by atoms with Crippen LogP contribution in [0, 0.1) is 23.7 Å². The molecule has 0 atom stereocenters. The standard InChI is InChI=1S/C24H30N2O5/c1-16(2)14-21(27)20-10-11-22(17(3)23(20)28)30-13-5-4-12-29-19-8-6-18(7-9-19)24(26)31-15-25/h6-11,15-16,25-26,28H,4-5,12-14H2,1-3H3. The molecule has 0 radical (unpaired) electrons. The maximum Gasteiger partial charge on any atom is 0.220 e. The van der Waals surface area contributed by atoms with Gasteiger partial charge in [0, 0.05) is 17.5 Å². The third-order valence-corrected chi connectivity index (χ3v) is 4.63. The number of phenolic OH excluding ortho intramolecular Hbond substituents is 1. The number of benzene rings is 2. The fraction of sp³-hybridized carbons (Fsp3) is 0.375. The molecule has 0 amide bonds. The number of phenols is 1. The van der Waals surface area contributed by atoms with Crippen LogP contribution in [0.1, 0.15) is 54.6 Å². The van der Waals surface area contributed by atoms with Gasteiger partial charge in [-0.2, -0.15) is 0 Å². The maximum atomic E-state index is 12.2. The van der Waals surface area contributed by atoms with Crippen molar-refractivity contribution in [2.24, 2.45) is 5.92 Å². The molecule has 31 heavy (non-hydrogen) atoms. The van der Waals surface area contributed by atoms with Gasteiger partial charge in [-0.3, -0.25) is 15.6 Å². The van der Waals surface area contributed by atoms with Gasteiger partial charge >= 0.3 is 0 Å². The van der Waals surface area contributed by atoms with Crippen LogP contribution in [0.25, 0.3) is 0 Å². The second-order valence-electron chi connectivity index (χ2n) is 7.60. The van der Waals surface area contributed by atoms with Gasteiger partial charge in [0.2, 0.25) is 5.90 Å². The molecule has 7 heteroatoms. The molecule has 0 bridgehead atoms. The molecule has 0 aliphatic carbocycles. The number of ketones is 1. The van der Waals surface area contributed by atoms with Gasteiger partial charge in [-0.1, -0.05) is 13.8 Å². The van der Waals surface area contributed by atoms with Crippen LogP contribution in [-0.2, 0) is 4.74 Å². The van der Waals surface area contributed by atoms with Crippen LogP contribution in [-0.4, -0.2) is 36.4 Å². The second kappa shape index (κ2) is 11.7. The van der Waals surface area contributed by atoms with Crippen LogP contribution in [0.3, 0.4) is 0 Å². The fourth-order valence-electron chi connectivity index (χ4n) is 2.95. The highest BCUT2D eigenvalue weighted by atomic mass is 16.5. The first-order valence-electron chi connectivity index (χ1n) is 10.3. The van der Waals surface area contributed by atoms with Gasteiger partial charge in [-0.25, -0.2) is 0 Å². The van der Waals surface area contributed by atoms with Crippen molar-refractivity contribution in [3.8, 4) is 17.2 Å². The largest absolute Gasteiger partial charge is 0.507 e. The molecular formula is C24H30N2O5. The Labute approximate surface area is 183 Å². The molecule has 0 aliphatic rings. The Morgan fingerprint density at radius 3 is 2.32 bits per heavy atom. The van der Waals surface area contributed by atoms with Crippen LogP contribution in [0.15, 0.2) is 36.4 Å². The fourth-order valence-corrected chi connectivity index (χ4v) is 2.95. The van der Waals surface area contributed by atoms with Crippen LogP contribution >= 0.6 is 0 Å². The van der Waals surface area contributed by atoms with Crippen LogP contribution in [0.5, 0.6) is 17.2 Å². The highest BCUT2D eigenvalue weighted by molar-refractivity contribution is 5.99. The first kappa shape index (κ1) is 23.9. The summed E-state index contributed by atoms with van der Waals surface area (Å²) in [6.45, 7) is 6.68. The number of carbonyl (C=O) groups excluding carboxylic acids is 1. The second-order valence-corrected chi connectivity index (χ2v) is 7.60. The van der Waals surface area contributed by atoms with E-state index in [4.69, 9.17) is 25.0 Å². The zero-order valence-corrected chi connectivity index (χ0v) is 18.2. The number of Topliss-reactive ketones (excluding diaryl/α,β-unsaturated/α-hetero) is 1. The topological polar surface area (TPSA) is 113 Å². The Morgan fingerprint density at radius 2 is 1.71 bits per heavy atom. The lowest BCUT2D eigenvalue weighted by molar-refractivity contribution is 0.0965. The van der Waals surface area contributed by atoms with E-state index < -0.39 is 0 Å². The molecule has 0 fully saturated rings. The summed E-state index contributed by atoms with van der Waals surface area (Å²) in [5, 5.41) is 24.8. The molecule has 0 heterocycles. The quantitative estimate of drug-likeness (QED) is 0.189. The van der Waals surface area contributed by atoms with E-state index in [9.17, 15) is 9.90 Å². The Morgan fingerprint density at radius 1 is 1.06 bits per heavy atom. The van der Waals surface area contributed by atoms with Crippen molar-refractivity contribution in [1.82, 2.24) is 0 Å². The average molecular weight is 427 g/mol. The highest BCUT2D eigenvalue weighted by Gasteiger charge is 2.17. The molecule has 0 spiro atoms. The van der Waals surface area contributed by atoms with Crippen LogP contribution in [0.2, 0.25) is 0 Å². The van der Waals surface area contributed by atoms with Crippen molar-refractivity contribution in [3.63, 3.8) is 0 Å². The van der Waals surface area contributed by atoms with Crippen molar-refractivity contribution in [2.75, 3.05) is 13.2 Å². The van der Waals surface area contributed by atoms with Crippen molar-refractivity contribution < 1.29 is 24.1 Å². The van der Waals surface area contributed by atoms with Gasteiger partial charge < -0.3 is 19.3 Å². The van der Waals surface area contributed by atoms with E-state index >= 15 is 0 Å². The predicted molar refractivity (Wildman–Crippen MR) is 120 cm³/mol. The SMILES string of the molecule is Cc1c(OCCCCOc2ccc(C(=N)OC=N)cc2)ccc(C(=O)CC(C)C)c1O. The Balaban J connectivity index is 1.75. The molecule has 0 saturated carbocycles. The lowest BCUT2D eigenvalue weighted by Gasteiger charge is -2.13. The number of aromatic hydroxyl groups is 1. The summed E-state index contributed by atoms with van der Waals surface area (Å²) in [5.41, 5.74) is 1.49. The summed E-state index contributed by atoms with van der Waals surface area (Å²) in [4.78, 5) is 12.2. The van der Waals surface area contributed by atoms with Gasteiger partial charge in [-0.15, -0.1) is 0 Å². The Hall–Kier alpha value is -3.35. The van der Waals surface area contributed by atoms with E-state index in [0.29, 0.717) is 47.8 Å². The molecule has 0 aromatic heterocycles. The Kier molecular flexibility index (Phi) is 9.06. The van der Waals surface area contributed by atoms with Gasteiger partial charge in [-0.05, 0) is 62.1 Å². The predicted octanol–water partition coefficient (Wildman–Crippen LogP) is 5.12. The van der Waals surface area contributed by atoms with Gasteiger partial charge in [0.1, 0.15) is 17.2 Å². The molecule has 7 nitrogen and oxygen atoms in total. The lowest BCUT2D eigenvalue weighted by atomic mass is 9.98. The number of carbonyl (C=O) groups is 1. The highest BCUT2D eigenvalue weighted by Crippen LogP contribution is 2.31. The Bertz CT molecular complexity index is 907. The minimum atomic E-state index is -0.0858. The summed E-state index contributed by atoms with van der Waals surface area (Å²) in [5.74, 6) is 1.34. The number of unbranched alkanes of at least 4 members (excludes halogenated alkanes) is 1. The van der Waals surface area contributed by atoms with Crippen molar-refractivity contribution in [1.29, 1.82) is 10.8 Å². The third kappa shape index (κ3) is 7.13. The van der Waals surface area contributed by atoms with Gasteiger partial charge in [0.25, 0.3) is 0 Å². The summed E-state index contributed by atoms with van der Waals surface area (Å²) in [6, 6.07) is 10.3. The van der Waals surface area contributed by atoms with E-state index in [2.05, 4.69) is 0 Å².